The Kier molecular flexibility index (Phi) is 7.00. The molecule has 8 atom stereocenters. The van der Waals surface area contributed by atoms with Crippen molar-refractivity contribution in [1.29, 1.82) is 0 Å². The molecule has 1 aliphatic heterocycles. The summed E-state index contributed by atoms with van der Waals surface area (Å²) in [7, 11) is 3.33. The second-order valence-electron chi connectivity index (χ2n) is 12.0. The van der Waals surface area contributed by atoms with Crippen LogP contribution in [0.4, 0.5) is 0 Å². The minimum atomic E-state index is -1.55. The SMILES string of the molecule is CN=C(N)[NH+]1CCC(CNCCO)C2(C1)C1CCC3CCCCC(OC)C4(O)CC32C(=C4C(=O)[O-])C1. The molecule has 2 spiro atoms. The van der Waals surface area contributed by atoms with E-state index in [1.54, 1.807) is 14.2 Å². The maximum atomic E-state index is 12.8. The number of fused-ring (bicyclic) bond motifs is 1. The molecule has 1 heterocycles. The second kappa shape index (κ2) is 9.66. The van der Waals surface area contributed by atoms with Crippen molar-refractivity contribution >= 4 is 11.9 Å². The Morgan fingerprint density at radius 2 is 2.00 bits per heavy atom. The number of aliphatic hydroxyl groups is 2. The highest BCUT2D eigenvalue weighted by atomic mass is 16.5. The number of ether oxygens (including phenoxy) is 1. The fourth-order valence-corrected chi connectivity index (χ4v) is 9.85. The molecule has 0 aromatic rings. The van der Waals surface area contributed by atoms with E-state index in [0.717, 1.165) is 63.7 Å². The molecule has 5 aliphatic rings. The molecule has 9 nitrogen and oxygen atoms in total. The van der Waals surface area contributed by atoms with E-state index in [2.05, 4.69) is 10.3 Å². The van der Waals surface area contributed by atoms with Crippen LogP contribution in [0.1, 0.15) is 57.8 Å². The molecule has 4 fully saturated rings. The first-order valence-corrected chi connectivity index (χ1v) is 13.9. The molecule has 0 aromatic carbocycles. The number of nitrogens with zero attached hydrogens (tertiary/aromatic N) is 1. The van der Waals surface area contributed by atoms with E-state index in [-0.39, 0.29) is 23.5 Å². The Morgan fingerprint density at radius 1 is 1.25 bits per heavy atom. The van der Waals surface area contributed by atoms with Crippen molar-refractivity contribution in [1.82, 2.24) is 5.32 Å². The highest BCUT2D eigenvalue weighted by molar-refractivity contribution is 5.90. The van der Waals surface area contributed by atoms with Gasteiger partial charge in [0.2, 0.25) is 0 Å². The van der Waals surface area contributed by atoms with Gasteiger partial charge in [-0.1, -0.05) is 18.4 Å². The number of carboxylic acids is 1. The van der Waals surface area contributed by atoms with Gasteiger partial charge < -0.3 is 35.9 Å². The fourth-order valence-electron chi connectivity index (χ4n) is 9.85. The molecular formula is C27H44N4O5. The zero-order valence-corrected chi connectivity index (χ0v) is 21.9. The Morgan fingerprint density at radius 3 is 2.69 bits per heavy atom. The number of carboxylic acid groups (broad SMARTS) is 1. The van der Waals surface area contributed by atoms with E-state index in [0.29, 0.717) is 43.6 Å². The summed E-state index contributed by atoms with van der Waals surface area (Å²) in [6.07, 6.45) is 7.25. The van der Waals surface area contributed by atoms with Gasteiger partial charge in [0.25, 0.3) is 5.96 Å². The lowest BCUT2D eigenvalue weighted by Gasteiger charge is -2.61. The van der Waals surface area contributed by atoms with Crippen LogP contribution in [0.15, 0.2) is 16.1 Å². The number of aliphatic imine (C=N–C) groups is 1. The standard InChI is InChI=1S/C27H44N4O5/c1-29-24(28)31-11-9-19(14-30-10-12-32)26(16-31)18-8-7-17-5-3-4-6-21(36-2)27(35)15-25(17,26)20(13-18)22(27)23(33)34/h17-19,21,30,32,35H,3-16H2,1-2H3,(H2,28,29)(H,33,34). The number of aliphatic hydroxyl groups excluding tert-OH is 1. The predicted octanol–water partition coefficient (Wildman–Crippen LogP) is -1.41. The second-order valence-corrected chi connectivity index (χ2v) is 12.0. The Labute approximate surface area is 214 Å². The highest BCUT2D eigenvalue weighted by Gasteiger charge is 2.77. The van der Waals surface area contributed by atoms with Gasteiger partial charge in [0, 0.05) is 43.5 Å². The molecule has 202 valence electrons. The zero-order chi connectivity index (χ0) is 25.7. The first kappa shape index (κ1) is 26.1. The maximum absolute atomic E-state index is 12.8. The van der Waals surface area contributed by atoms with Crippen LogP contribution in [0, 0.1) is 28.6 Å². The molecule has 36 heavy (non-hydrogen) atoms. The number of nitrogens with two attached hydrogens (primary N) is 1. The Hall–Kier alpha value is -1.52. The number of likely N-dealkylation sites (tertiary alicyclic amines) is 1. The van der Waals surface area contributed by atoms with E-state index in [4.69, 9.17) is 10.5 Å². The van der Waals surface area contributed by atoms with E-state index in [9.17, 15) is 20.1 Å². The van der Waals surface area contributed by atoms with E-state index < -0.39 is 23.1 Å². The average molecular weight is 505 g/mol. The van der Waals surface area contributed by atoms with Crippen LogP contribution >= 0.6 is 0 Å². The van der Waals surface area contributed by atoms with Gasteiger partial charge in [-0.25, -0.2) is 4.99 Å². The number of aliphatic carboxylic acids is 1. The number of hydrogen-bond donors (Lipinski definition) is 5. The lowest BCUT2D eigenvalue weighted by Crippen LogP contribution is -3.19. The first-order chi connectivity index (χ1) is 17.3. The summed E-state index contributed by atoms with van der Waals surface area (Å²) in [5.41, 5.74) is 5.31. The predicted molar refractivity (Wildman–Crippen MR) is 133 cm³/mol. The Bertz CT molecular complexity index is 939. The molecule has 4 aliphatic carbocycles. The van der Waals surface area contributed by atoms with Crippen molar-refractivity contribution in [2.24, 2.45) is 39.3 Å². The van der Waals surface area contributed by atoms with Crippen LogP contribution < -0.4 is 21.1 Å². The molecule has 1 saturated heterocycles. The van der Waals surface area contributed by atoms with Crippen LogP contribution in [0.2, 0.25) is 0 Å². The summed E-state index contributed by atoms with van der Waals surface area (Å²) in [6, 6.07) is 0. The third kappa shape index (κ3) is 3.46. The molecule has 0 aromatic heterocycles. The largest absolute Gasteiger partial charge is 0.545 e. The molecule has 3 saturated carbocycles. The van der Waals surface area contributed by atoms with Crippen LogP contribution in [-0.4, -0.2) is 80.8 Å². The summed E-state index contributed by atoms with van der Waals surface area (Å²) < 4.78 is 5.84. The number of rotatable bonds is 6. The van der Waals surface area contributed by atoms with E-state index >= 15 is 0 Å². The monoisotopic (exact) mass is 504 g/mol. The molecule has 6 N–H and O–H groups in total. The number of carbonyl (C=O) groups is 1. The normalized spacial score (nSPS) is 44.4. The smallest absolute Gasteiger partial charge is 0.293 e. The fraction of sp³-hybridized carbons (Fsp3) is 0.852. The van der Waals surface area contributed by atoms with Crippen LogP contribution in [0.5, 0.6) is 0 Å². The summed E-state index contributed by atoms with van der Waals surface area (Å²) in [5, 5.41) is 38.0. The number of piperidine rings is 1. The highest BCUT2D eigenvalue weighted by Crippen LogP contribution is 2.77. The number of nitrogens with one attached hydrogen (secondary N) is 2. The number of hydrogen-bond acceptors (Lipinski definition) is 7. The molecule has 5 rings (SSSR count). The zero-order valence-electron chi connectivity index (χ0n) is 21.9. The molecule has 3 bridgehead atoms. The van der Waals surface area contributed by atoms with Gasteiger partial charge in [-0.3, -0.25) is 4.90 Å². The Balaban J connectivity index is 1.73. The van der Waals surface area contributed by atoms with Crippen LogP contribution in [-0.2, 0) is 9.53 Å². The third-order valence-corrected chi connectivity index (χ3v) is 11.0. The van der Waals surface area contributed by atoms with Crippen LogP contribution in [0.3, 0.4) is 0 Å². The van der Waals surface area contributed by atoms with Crippen molar-refractivity contribution in [2.75, 3.05) is 46.9 Å². The average Bonchev–Trinajstić information content (AvgIpc) is 3.22. The number of methoxy groups -OCH3 is 1. The van der Waals surface area contributed by atoms with Crippen molar-refractivity contribution in [3.8, 4) is 0 Å². The van der Waals surface area contributed by atoms with Gasteiger partial charge in [-0.2, -0.15) is 0 Å². The summed E-state index contributed by atoms with van der Waals surface area (Å²) in [6.45, 7) is 3.05. The topological polar surface area (TPSA) is 145 Å². The first-order valence-electron chi connectivity index (χ1n) is 13.9. The quantitative estimate of drug-likeness (QED) is 0.170. The molecule has 9 heteroatoms. The minimum absolute atomic E-state index is 0.0823. The van der Waals surface area contributed by atoms with Crippen molar-refractivity contribution < 1.29 is 29.8 Å². The van der Waals surface area contributed by atoms with Crippen LogP contribution in [0.25, 0.3) is 0 Å². The minimum Gasteiger partial charge on any atom is -0.545 e. The summed E-state index contributed by atoms with van der Waals surface area (Å²) in [5.74, 6) is 0.287. The van der Waals surface area contributed by atoms with Gasteiger partial charge in [0.1, 0.15) is 5.60 Å². The van der Waals surface area contributed by atoms with E-state index in [1.807, 2.05) is 0 Å². The van der Waals surface area contributed by atoms with Crippen molar-refractivity contribution in [3.05, 3.63) is 11.1 Å². The van der Waals surface area contributed by atoms with Gasteiger partial charge in [0.05, 0.1) is 31.8 Å². The summed E-state index contributed by atoms with van der Waals surface area (Å²) in [4.78, 5) is 18.3. The third-order valence-electron chi connectivity index (χ3n) is 11.0. The number of carbonyl (C=O) groups excluding carboxylic acids is 1. The molecule has 0 amide bonds. The molecule has 8 unspecified atom stereocenters. The number of allylic oxidation sites excluding steroid dienone is 1. The van der Waals surface area contributed by atoms with Gasteiger partial charge in [-0.15, -0.1) is 0 Å². The molecular weight excluding hydrogens is 460 g/mol. The molecule has 0 radical (unpaired) electrons. The number of quaternary nitrogens is 1. The van der Waals surface area contributed by atoms with Gasteiger partial charge in [-0.05, 0) is 62.8 Å². The van der Waals surface area contributed by atoms with Crippen molar-refractivity contribution in [2.45, 2.75) is 69.5 Å². The van der Waals surface area contributed by atoms with E-state index in [1.165, 1.54) is 4.90 Å². The van der Waals surface area contributed by atoms with Crippen molar-refractivity contribution in [3.63, 3.8) is 0 Å². The summed E-state index contributed by atoms with van der Waals surface area (Å²) >= 11 is 0. The lowest BCUT2D eigenvalue weighted by molar-refractivity contribution is -0.828. The number of guanidine groups is 1. The maximum Gasteiger partial charge on any atom is 0.293 e. The lowest BCUT2D eigenvalue weighted by atomic mass is 9.44. The van der Waals surface area contributed by atoms with Gasteiger partial charge in [0.15, 0.2) is 0 Å². The van der Waals surface area contributed by atoms with Gasteiger partial charge >= 0.3 is 0 Å².